The number of piperidine rings is 1. The van der Waals surface area contributed by atoms with E-state index in [0.29, 0.717) is 0 Å². The van der Waals surface area contributed by atoms with Gasteiger partial charge in [-0.1, -0.05) is 18.2 Å². The van der Waals surface area contributed by atoms with E-state index in [1.165, 1.54) is 54.9 Å². The van der Waals surface area contributed by atoms with Crippen LogP contribution in [0.3, 0.4) is 0 Å². The summed E-state index contributed by atoms with van der Waals surface area (Å²) in [4.78, 5) is 2.54. The molecule has 110 valence electrons. The highest BCUT2D eigenvalue weighted by atomic mass is 15.1. The van der Waals surface area contributed by atoms with Gasteiger partial charge in [0, 0.05) is 30.2 Å². The van der Waals surface area contributed by atoms with Crippen molar-refractivity contribution in [2.24, 2.45) is 0 Å². The number of nitrogens with one attached hydrogen (secondary N) is 1. The number of para-hydroxylation sites is 1. The van der Waals surface area contributed by atoms with Gasteiger partial charge in [0.25, 0.3) is 0 Å². The van der Waals surface area contributed by atoms with E-state index < -0.39 is 0 Å². The van der Waals surface area contributed by atoms with Crippen LogP contribution >= 0.6 is 0 Å². The summed E-state index contributed by atoms with van der Waals surface area (Å²) in [6.45, 7) is 6.81. The molecule has 0 amide bonds. The Hall–Kier alpha value is -1.96. The van der Waals surface area contributed by atoms with Crippen LogP contribution < -0.4 is 10.2 Å². The van der Waals surface area contributed by atoms with Crippen LogP contribution in [0, 0.1) is 13.8 Å². The maximum absolute atomic E-state index is 3.52. The third kappa shape index (κ3) is 3.21. The molecule has 0 aliphatic carbocycles. The van der Waals surface area contributed by atoms with Gasteiger partial charge in [0.2, 0.25) is 0 Å². The van der Waals surface area contributed by atoms with Crippen molar-refractivity contribution in [3.05, 3.63) is 53.6 Å². The molecule has 0 saturated carbocycles. The average molecular weight is 280 g/mol. The Kier molecular flexibility index (Phi) is 4.14. The van der Waals surface area contributed by atoms with Crippen molar-refractivity contribution in [3.63, 3.8) is 0 Å². The molecule has 2 aromatic carbocycles. The second-order valence-corrected chi connectivity index (χ2v) is 5.99. The van der Waals surface area contributed by atoms with Gasteiger partial charge in [0.05, 0.1) is 0 Å². The molecule has 1 saturated heterocycles. The largest absolute Gasteiger partial charge is 0.371 e. The molecule has 0 spiro atoms. The molecular formula is C19H24N2. The second kappa shape index (κ2) is 6.21. The number of hydrogen-bond donors (Lipinski definition) is 1. The molecule has 0 aromatic heterocycles. The van der Waals surface area contributed by atoms with Crippen molar-refractivity contribution in [2.45, 2.75) is 33.1 Å². The maximum Gasteiger partial charge on any atom is 0.0418 e. The van der Waals surface area contributed by atoms with E-state index in [-0.39, 0.29) is 0 Å². The summed E-state index contributed by atoms with van der Waals surface area (Å²) in [5.74, 6) is 0. The summed E-state index contributed by atoms with van der Waals surface area (Å²) in [6, 6.07) is 15.0. The molecule has 1 aliphatic heterocycles. The number of hydrogen-bond acceptors (Lipinski definition) is 2. The minimum Gasteiger partial charge on any atom is -0.371 e. The molecule has 0 unspecified atom stereocenters. The van der Waals surface area contributed by atoms with E-state index in [9.17, 15) is 0 Å². The number of nitrogens with zero attached hydrogens (tertiary/aromatic N) is 1. The van der Waals surface area contributed by atoms with Crippen LogP contribution in [0.15, 0.2) is 42.5 Å². The molecule has 21 heavy (non-hydrogen) atoms. The highest BCUT2D eigenvalue weighted by Crippen LogP contribution is 2.30. The van der Waals surface area contributed by atoms with E-state index >= 15 is 0 Å². The van der Waals surface area contributed by atoms with Crippen molar-refractivity contribution in [3.8, 4) is 0 Å². The lowest BCUT2D eigenvalue weighted by Gasteiger charge is -2.31. The molecule has 2 nitrogen and oxygen atoms in total. The zero-order valence-electron chi connectivity index (χ0n) is 13.0. The quantitative estimate of drug-likeness (QED) is 0.847. The maximum atomic E-state index is 3.52. The van der Waals surface area contributed by atoms with E-state index in [1.807, 2.05) is 6.07 Å². The molecule has 0 radical (unpaired) electrons. The molecule has 0 bridgehead atoms. The van der Waals surface area contributed by atoms with Gasteiger partial charge >= 0.3 is 0 Å². The van der Waals surface area contributed by atoms with Gasteiger partial charge in [0.1, 0.15) is 0 Å². The monoisotopic (exact) mass is 280 g/mol. The highest BCUT2D eigenvalue weighted by Gasteiger charge is 2.14. The normalized spacial score (nSPS) is 15.0. The number of benzene rings is 2. The Morgan fingerprint density at radius 2 is 1.57 bits per heavy atom. The zero-order valence-corrected chi connectivity index (χ0v) is 13.0. The molecule has 1 heterocycles. The fraction of sp³-hybridized carbons (Fsp3) is 0.368. The number of rotatable bonds is 3. The number of anilines is 3. The van der Waals surface area contributed by atoms with Gasteiger partial charge in [-0.2, -0.15) is 0 Å². The smallest absolute Gasteiger partial charge is 0.0418 e. The topological polar surface area (TPSA) is 15.3 Å². The van der Waals surface area contributed by atoms with Crippen molar-refractivity contribution < 1.29 is 0 Å². The van der Waals surface area contributed by atoms with E-state index in [2.05, 4.69) is 60.5 Å². The second-order valence-electron chi connectivity index (χ2n) is 5.99. The minimum atomic E-state index is 1.14. The van der Waals surface area contributed by atoms with Crippen molar-refractivity contribution in [1.29, 1.82) is 0 Å². The predicted molar refractivity (Wildman–Crippen MR) is 91.7 cm³/mol. The van der Waals surface area contributed by atoms with Crippen LogP contribution in [-0.2, 0) is 0 Å². The predicted octanol–water partition coefficient (Wildman–Crippen LogP) is 5.04. The Morgan fingerprint density at radius 3 is 2.29 bits per heavy atom. The third-order valence-electron chi connectivity index (χ3n) is 4.29. The Labute approximate surface area is 127 Å². The SMILES string of the molecule is Cc1cc(N2CCCCC2)c(C)cc1Nc1ccccc1. The van der Waals surface area contributed by atoms with Gasteiger partial charge in [-0.15, -0.1) is 0 Å². The van der Waals surface area contributed by atoms with E-state index in [0.717, 1.165) is 5.69 Å². The Morgan fingerprint density at radius 1 is 0.857 bits per heavy atom. The minimum absolute atomic E-state index is 1.14. The van der Waals surface area contributed by atoms with Gasteiger partial charge in [-0.05, 0) is 68.5 Å². The lowest BCUT2D eigenvalue weighted by Crippen LogP contribution is -2.30. The Balaban J connectivity index is 1.85. The van der Waals surface area contributed by atoms with Crippen LogP contribution in [0.5, 0.6) is 0 Å². The summed E-state index contributed by atoms with van der Waals surface area (Å²) in [6.07, 6.45) is 4.02. The summed E-state index contributed by atoms with van der Waals surface area (Å²) in [7, 11) is 0. The van der Waals surface area contributed by atoms with Crippen molar-refractivity contribution >= 4 is 17.1 Å². The van der Waals surface area contributed by atoms with Crippen LogP contribution in [0.1, 0.15) is 30.4 Å². The lowest BCUT2D eigenvalue weighted by atomic mass is 10.0. The molecule has 2 aromatic rings. The highest BCUT2D eigenvalue weighted by molar-refractivity contribution is 5.69. The fourth-order valence-electron chi connectivity index (χ4n) is 3.09. The van der Waals surface area contributed by atoms with Crippen molar-refractivity contribution in [2.75, 3.05) is 23.3 Å². The summed E-state index contributed by atoms with van der Waals surface area (Å²) < 4.78 is 0. The molecule has 1 aliphatic rings. The Bertz CT molecular complexity index is 598. The molecule has 1 N–H and O–H groups in total. The van der Waals surface area contributed by atoms with Crippen LogP contribution in [0.2, 0.25) is 0 Å². The summed E-state index contributed by atoms with van der Waals surface area (Å²) in [5.41, 5.74) is 6.43. The van der Waals surface area contributed by atoms with E-state index in [4.69, 9.17) is 0 Å². The standard InChI is InChI=1S/C19H24N2/c1-15-14-19(21-11-7-4-8-12-21)16(2)13-18(15)20-17-9-5-3-6-10-17/h3,5-6,9-10,13-14,20H,4,7-8,11-12H2,1-2H3. The van der Waals surface area contributed by atoms with Crippen LogP contribution in [0.25, 0.3) is 0 Å². The number of aryl methyl sites for hydroxylation is 2. The molecule has 0 atom stereocenters. The first-order valence-corrected chi connectivity index (χ1v) is 7.92. The lowest BCUT2D eigenvalue weighted by molar-refractivity contribution is 0.577. The van der Waals surface area contributed by atoms with Gasteiger partial charge in [0.15, 0.2) is 0 Å². The molecule has 1 fully saturated rings. The van der Waals surface area contributed by atoms with Crippen LogP contribution in [-0.4, -0.2) is 13.1 Å². The third-order valence-corrected chi connectivity index (χ3v) is 4.29. The zero-order chi connectivity index (χ0) is 14.7. The van der Waals surface area contributed by atoms with E-state index in [1.54, 1.807) is 0 Å². The fourth-order valence-corrected chi connectivity index (χ4v) is 3.09. The first-order valence-electron chi connectivity index (χ1n) is 7.92. The van der Waals surface area contributed by atoms with Crippen molar-refractivity contribution in [1.82, 2.24) is 0 Å². The summed E-state index contributed by atoms with van der Waals surface area (Å²) in [5, 5.41) is 3.52. The first-order chi connectivity index (χ1) is 10.2. The molecule has 2 heteroatoms. The molecule has 3 rings (SSSR count). The van der Waals surface area contributed by atoms with Crippen LogP contribution in [0.4, 0.5) is 17.1 Å². The average Bonchev–Trinajstić information content (AvgIpc) is 2.52. The van der Waals surface area contributed by atoms with Gasteiger partial charge < -0.3 is 10.2 Å². The van der Waals surface area contributed by atoms with Gasteiger partial charge in [-0.25, -0.2) is 0 Å². The molecular weight excluding hydrogens is 256 g/mol. The first kappa shape index (κ1) is 14.0. The summed E-state index contributed by atoms with van der Waals surface area (Å²) >= 11 is 0. The van der Waals surface area contributed by atoms with Gasteiger partial charge in [-0.3, -0.25) is 0 Å².